The Balaban J connectivity index is 1.90. The van der Waals surface area contributed by atoms with Crippen molar-refractivity contribution in [2.75, 3.05) is 11.9 Å². The monoisotopic (exact) mass is 402 g/mol. The molecule has 0 spiro atoms. The molecule has 0 radical (unpaired) electrons. The zero-order valence-electron chi connectivity index (χ0n) is 16.5. The standard InChI is InChI=1S/C21H23NO7/c23-10-16(19(26)20(27)17(25)11-24)22-14-7-6-13-8-15(12-4-2-1-3-5-12)21(28)29-18(13)9-14/h1-4,6-10,12,16-17,19-20,22,24-27H,5,11H2/t12?,16-,17+,19+,20+/m0/s1/i/hD. The van der Waals surface area contributed by atoms with E-state index >= 15 is 0 Å². The van der Waals surface area contributed by atoms with E-state index in [4.69, 9.17) is 10.9 Å². The highest BCUT2D eigenvalue weighted by atomic mass is 16.4. The fourth-order valence-electron chi connectivity index (χ4n) is 3.16. The molecule has 2 aromatic rings. The van der Waals surface area contributed by atoms with Crippen LogP contribution in [0.25, 0.3) is 11.0 Å². The number of benzene rings is 1. The van der Waals surface area contributed by atoms with Gasteiger partial charge in [-0.15, -0.1) is 0 Å². The average Bonchev–Trinajstić information content (AvgIpc) is 2.77. The number of carbonyl (C=O) groups is 1. The zero-order valence-corrected chi connectivity index (χ0v) is 15.5. The topological polar surface area (TPSA) is 140 Å². The van der Waals surface area contributed by atoms with Crippen molar-refractivity contribution >= 4 is 22.9 Å². The van der Waals surface area contributed by atoms with Crippen LogP contribution in [0.3, 0.4) is 0 Å². The normalized spacial score (nSPS) is 20.7. The van der Waals surface area contributed by atoms with Gasteiger partial charge in [0.15, 0.2) is 1.41 Å². The molecule has 0 bridgehead atoms. The lowest BCUT2D eigenvalue weighted by molar-refractivity contribution is -0.117. The highest BCUT2D eigenvalue weighted by Crippen LogP contribution is 2.26. The van der Waals surface area contributed by atoms with Gasteiger partial charge >= 0.3 is 5.63 Å². The summed E-state index contributed by atoms with van der Waals surface area (Å²) in [7, 11) is 0. The predicted octanol–water partition coefficient (Wildman–Crippen LogP) is 0.447. The molecule has 3 rings (SSSR count). The largest absolute Gasteiger partial charge is 0.422 e. The van der Waals surface area contributed by atoms with Gasteiger partial charge in [-0.3, -0.25) is 0 Å². The molecule has 1 aromatic carbocycles. The van der Waals surface area contributed by atoms with Gasteiger partial charge in [0.05, 0.1) is 6.61 Å². The molecule has 1 aromatic heterocycles. The van der Waals surface area contributed by atoms with Gasteiger partial charge in [0, 0.05) is 28.6 Å². The van der Waals surface area contributed by atoms with Crippen molar-refractivity contribution in [2.24, 2.45) is 0 Å². The van der Waals surface area contributed by atoms with E-state index in [-0.39, 0.29) is 23.5 Å². The van der Waals surface area contributed by atoms with Gasteiger partial charge in [-0.2, -0.15) is 0 Å². The number of rotatable bonds is 8. The molecule has 1 heterocycles. The van der Waals surface area contributed by atoms with Crippen LogP contribution in [0.2, 0.25) is 1.41 Å². The van der Waals surface area contributed by atoms with Gasteiger partial charge in [0.25, 0.3) is 0 Å². The van der Waals surface area contributed by atoms with Crippen LogP contribution in [-0.4, -0.2) is 57.7 Å². The number of hydrogen-bond donors (Lipinski definition) is 5. The maximum atomic E-state index is 12.4. The highest BCUT2D eigenvalue weighted by molar-refractivity contribution is 5.81. The van der Waals surface area contributed by atoms with Crippen LogP contribution in [0.1, 0.15) is 17.9 Å². The van der Waals surface area contributed by atoms with E-state index in [1.165, 1.54) is 12.1 Å². The minimum Gasteiger partial charge on any atom is -0.422 e. The van der Waals surface area contributed by atoms with E-state index in [0.717, 1.165) is 0 Å². The Labute approximate surface area is 167 Å². The lowest BCUT2D eigenvalue weighted by Gasteiger charge is -2.26. The Morgan fingerprint density at radius 2 is 2.03 bits per heavy atom. The van der Waals surface area contributed by atoms with E-state index in [2.05, 4.69) is 0 Å². The van der Waals surface area contributed by atoms with E-state index in [0.29, 0.717) is 22.7 Å². The van der Waals surface area contributed by atoms with Crippen LogP contribution in [0.4, 0.5) is 5.69 Å². The summed E-state index contributed by atoms with van der Waals surface area (Å²) in [5, 5.41) is 39.7. The number of nitrogens with one attached hydrogen (secondary N) is 1. The van der Waals surface area contributed by atoms with Gasteiger partial charge in [0.2, 0.25) is 0 Å². The first-order valence-corrected chi connectivity index (χ1v) is 9.17. The molecule has 1 aliphatic rings. The second-order valence-electron chi connectivity index (χ2n) is 6.85. The van der Waals surface area contributed by atoms with Gasteiger partial charge in [-0.1, -0.05) is 24.3 Å². The summed E-state index contributed by atoms with van der Waals surface area (Å²) in [5.41, 5.74) is 0.333. The van der Waals surface area contributed by atoms with Gasteiger partial charge in [-0.05, 0) is 24.6 Å². The van der Waals surface area contributed by atoms with Crippen LogP contribution >= 0.6 is 0 Å². The molecule has 0 saturated carbocycles. The Morgan fingerprint density at radius 3 is 2.69 bits per heavy atom. The molecule has 8 nitrogen and oxygen atoms in total. The van der Waals surface area contributed by atoms with Gasteiger partial charge in [-0.25, -0.2) is 4.79 Å². The Kier molecular flexibility index (Phi) is 6.16. The fourth-order valence-corrected chi connectivity index (χ4v) is 3.16. The van der Waals surface area contributed by atoms with E-state index in [1.807, 2.05) is 24.3 Å². The number of aldehydes is 1. The third-order valence-electron chi connectivity index (χ3n) is 4.85. The molecule has 0 saturated heterocycles. The molecule has 5 N–H and O–H groups in total. The SMILES string of the molecule is [2H]N(c1ccc2cc(C3C=CC=CC3)c(=O)oc2c1)[C@@H](C=O)[C@@H](O)[C@H](O)[C@H](O)CO. The lowest BCUT2D eigenvalue weighted by atomic mass is 9.93. The Hall–Kier alpha value is -2.78. The molecule has 8 heteroatoms. The van der Waals surface area contributed by atoms with Crippen LogP contribution in [0.5, 0.6) is 0 Å². The second-order valence-corrected chi connectivity index (χ2v) is 6.85. The van der Waals surface area contributed by atoms with E-state index in [9.17, 15) is 24.9 Å². The van der Waals surface area contributed by atoms with Crippen LogP contribution in [0.15, 0.2) is 57.8 Å². The number of aliphatic hydroxyl groups excluding tert-OH is 4. The van der Waals surface area contributed by atoms with Crippen molar-refractivity contribution < 1.29 is 31.0 Å². The average molecular weight is 402 g/mol. The maximum absolute atomic E-state index is 12.4. The summed E-state index contributed by atoms with van der Waals surface area (Å²) in [6.45, 7) is -0.822. The molecule has 0 amide bonds. The number of fused-ring (bicyclic) bond motifs is 1. The molecular formula is C21H23NO7. The molecule has 29 heavy (non-hydrogen) atoms. The van der Waals surface area contributed by atoms with Crippen LogP contribution < -0.4 is 10.9 Å². The van der Waals surface area contributed by atoms with Crippen molar-refractivity contribution in [3.05, 3.63) is 64.6 Å². The number of allylic oxidation sites excluding steroid dienone is 4. The minimum atomic E-state index is -1.84. The number of aliphatic hydroxyl groups is 4. The third-order valence-corrected chi connectivity index (χ3v) is 4.85. The maximum Gasteiger partial charge on any atom is 0.340 e. The smallest absolute Gasteiger partial charge is 0.340 e. The third kappa shape index (κ3) is 4.63. The molecule has 0 fully saturated rings. The predicted molar refractivity (Wildman–Crippen MR) is 107 cm³/mol. The van der Waals surface area contributed by atoms with Gasteiger partial charge in [0.1, 0.15) is 36.2 Å². The first-order chi connectivity index (χ1) is 14.4. The molecule has 5 atom stereocenters. The summed E-state index contributed by atoms with van der Waals surface area (Å²) in [6.07, 6.45) is 3.24. The Bertz CT molecular complexity index is 1020. The number of anilines is 1. The quantitative estimate of drug-likeness (QED) is 0.317. The molecule has 1 aliphatic carbocycles. The summed E-state index contributed by atoms with van der Waals surface area (Å²) in [4.78, 5) is 23.9. The fraction of sp³-hybridized carbons (Fsp3) is 0.333. The highest BCUT2D eigenvalue weighted by Gasteiger charge is 2.31. The van der Waals surface area contributed by atoms with Gasteiger partial charge < -0.3 is 34.9 Å². The van der Waals surface area contributed by atoms with Crippen molar-refractivity contribution in [3.63, 3.8) is 0 Å². The second kappa shape index (κ2) is 9.15. The Morgan fingerprint density at radius 1 is 1.24 bits per heavy atom. The van der Waals surface area contributed by atoms with E-state index < -0.39 is 36.6 Å². The van der Waals surface area contributed by atoms with Crippen molar-refractivity contribution in [2.45, 2.75) is 36.7 Å². The van der Waals surface area contributed by atoms with Crippen molar-refractivity contribution in [1.82, 2.24) is 0 Å². The molecule has 154 valence electrons. The van der Waals surface area contributed by atoms with Crippen LogP contribution in [0, 0.1) is 0 Å². The minimum absolute atomic E-state index is 0.0861. The first kappa shape index (κ1) is 19.5. The van der Waals surface area contributed by atoms with E-state index in [1.54, 1.807) is 12.1 Å². The van der Waals surface area contributed by atoms with Crippen molar-refractivity contribution in [3.8, 4) is 0 Å². The number of hydrogen-bond acceptors (Lipinski definition) is 8. The lowest BCUT2D eigenvalue weighted by Crippen LogP contribution is -2.49. The molecule has 1 unspecified atom stereocenters. The molecule has 0 aliphatic heterocycles. The first-order valence-electron chi connectivity index (χ1n) is 9.61. The summed E-state index contributed by atoms with van der Waals surface area (Å²) < 4.78 is 13.6. The molecular weight excluding hydrogens is 378 g/mol. The summed E-state index contributed by atoms with van der Waals surface area (Å²) in [6, 6.07) is 4.69. The number of carbonyl (C=O) groups excluding carboxylic acids is 1. The summed E-state index contributed by atoms with van der Waals surface area (Å²) in [5.74, 6) is -0.0861. The summed E-state index contributed by atoms with van der Waals surface area (Å²) >= 11 is 0. The van der Waals surface area contributed by atoms with Crippen LogP contribution in [-0.2, 0) is 4.79 Å². The zero-order chi connectivity index (χ0) is 21.8. The van der Waals surface area contributed by atoms with Crippen molar-refractivity contribution in [1.29, 1.82) is 0 Å².